The van der Waals surface area contributed by atoms with Gasteiger partial charge in [0.2, 0.25) is 17.7 Å². The Hall–Kier alpha value is -4.24. The van der Waals surface area contributed by atoms with E-state index in [1.54, 1.807) is 36.4 Å². The van der Waals surface area contributed by atoms with Crippen LogP contribution in [0.15, 0.2) is 89.0 Å². The third-order valence-electron chi connectivity index (χ3n) is 8.21. The summed E-state index contributed by atoms with van der Waals surface area (Å²) in [6.45, 7) is 1.94. The van der Waals surface area contributed by atoms with Crippen molar-refractivity contribution < 1.29 is 23.9 Å². The van der Waals surface area contributed by atoms with Gasteiger partial charge in [0.1, 0.15) is 0 Å². The van der Waals surface area contributed by atoms with E-state index in [9.17, 15) is 19.2 Å². The predicted octanol–water partition coefficient (Wildman–Crippen LogP) is 6.16. The van der Waals surface area contributed by atoms with E-state index in [4.69, 9.17) is 4.74 Å². The van der Waals surface area contributed by atoms with Gasteiger partial charge in [-0.05, 0) is 65.4 Å². The summed E-state index contributed by atoms with van der Waals surface area (Å²) in [5.41, 5.74) is 3.97. The number of rotatable bonds is 4. The summed E-state index contributed by atoms with van der Waals surface area (Å²) in [6.07, 6.45) is -0.257. The third kappa shape index (κ3) is 4.54. The van der Waals surface area contributed by atoms with Crippen LogP contribution in [0, 0.1) is 17.8 Å². The second kappa shape index (κ2) is 10.6. The number of amides is 4. The lowest BCUT2D eigenvalue weighted by Crippen LogP contribution is -2.44. The lowest BCUT2D eigenvalue weighted by molar-refractivity contribution is -0.123. The van der Waals surface area contributed by atoms with Crippen molar-refractivity contribution in [3.05, 3.63) is 100 Å². The minimum atomic E-state index is -0.757. The van der Waals surface area contributed by atoms with E-state index in [0.29, 0.717) is 29.1 Å². The van der Waals surface area contributed by atoms with Crippen molar-refractivity contribution in [3.63, 3.8) is 0 Å². The number of para-hydroxylation sites is 1. The molecule has 3 aliphatic rings. The Bertz CT molecular complexity index is 1590. The molecule has 2 aliphatic heterocycles. The maximum atomic E-state index is 14.1. The van der Waals surface area contributed by atoms with Gasteiger partial charge < -0.3 is 10.1 Å². The quantitative estimate of drug-likeness (QED) is 0.356. The van der Waals surface area contributed by atoms with E-state index < -0.39 is 24.0 Å². The molecule has 0 unspecified atom stereocenters. The lowest BCUT2D eigenvalue weighted by atomic mass is 9.67. The van der Waals surface area contributed by atoms with E-state index in [0.717, 1.165) is 15.6 Å². The molecule has 41 heavy (non-hydrogen) atoms. The van der Waals surface area contributed by atoms with Gasteiger partial charge in [-0.25, -0.2) is 9.69 Å². The van der Waals surface area contributed by atoms with E-state index in [1.807, 2.05) is 49.4 Å². The van der Waals surface area contributed by atoms with Gasteiger partial charge in [0.25, 0.3) is 0 Å². The minimum Gasteiger partial charge on any atom is -0.452 e. The summed E-state index contributed by atoms with van der Waals surface area (Å²) in [5, 5.41) is 2.92. The highest BCUT2D eigenvalue weighted by Gasteiger charge is 2.57. The van der Waals surface area contributed by atoms with Gasteiger partial charge in [0.15, 0.2) is 0 Å². The van der Waals surface area contributed by atoms with E-state index in [2.05, 4.69) is 21.2 Å². The number of hydrogen-bond acceptors (Lipinski definition) is 5. The molecule has 8 nitrogen and oxygen atoms in total. The number of nitrogens with zero attached hydrogens (tertiary/aromatic N) is 2. The number of hydrogen-bond donors (Lipinski definition) is 1. The normalized spacial score (nSPS) is 23.1. The van der Waals surface area contributed by atoms with Crippen LogP contribution in [0.3, 0.4) is 0 Å². The van der Waals surface area contributed by atoms with Crippen LogP contribution in [-0.2, 0) is 19.1 Å². The van der Waals surface area contributed by atoms with Gasteiger partial charge >= 0.3 is 6.09 Å². The van der Waals surface area contributed by atoms with E-state index in [1.165, 1.54) is 16.9 Å². The number of imide groups is 1. The summed E-state index contributed by atoms with van der Waals surface area (Å²) >= 11 is 3.40. The van der Waals surface area contributed by atoms with Crippen LogP contribution in [0.5, 0.6) is 0 Å². The van der Waals surface area contributed by atoms with Crippen LogP contribution in [0.25, 0.3) is 5.57 Å². The molecule has 0 aromatic heterocycles. The summed E-state index contributed by atoms with van der Waals surface area (Å²) in [7, 11) is 1.30. The molecule has 3 aromatic rings. The molecule has 9 heteroatoms. The van der Waals surface area contributed by atoms with E-state index >= 15 is 0 Å². The molecular weight excluding hydrogens is 586 g/mol. The summed E-state index contributed by atoms with van der Waals surface area (Å²) in [5.74, 6) is -2.36. The Morgan fingerprint density at radius 2 is 1.63 bits per heavy atom. The smallest absolute Gasteiger partial charge is 0.414 e. The molecule has 4 amide bonds. The zero-order chi connectivity index (χ0) is 28.8. The Morgan fingerprint density at radius 3 is 2.34 bits per heavy atom. The SMILES string of the molecule is COC(=O)N1C2=C(c3ccccc3[C@@H]1CC(=O)Nc1ccc(Br)cc1)[C@@H]1C(=O)N(c3ccccc3)C(=O)[C@@H]1[C@H](C)C2. The van der Waals surface area contributed by atoms with Gasteiger partial charge in [0.05, 0.1) is 37.1 Å². The molecule has 0 saturated carbocycles. The standard InChI is InChI=1S/C32H28BrN3O5/c1-18-16-25-28(29-27(18)30(38)35(31(29)39)21-8-4-3-5-9-21)23-11-7-6-10-22(23)24(36(25)32(40)41-2)17-26(37)34-20-14-12-19(33)13-15-20/h3-15,18,24,27,29H,16-17H2,1-2H3,(H,34,37)/t18-,24+,27-,29-/m1/s1. The average molecular weight is 614 g/mol. The van der Waals surface area contributed by atoms with Crippen LogP contribution >= 0.6 is 15.9 Å². The van der Waals surface area contributed by atoms with Crippen molar-refractivity contribution in [2.45, 2.75) is 25.8 Å². The van der Waals surface area contributed by atoms with Crippen molar-refractivity contribution in [1.29, 1.82) is 0 Å². The highest BCUT2D eigenvalue weighted by Crippen LogP contribution is 2.55. The van der Waals surface area contributed by atoms with Crippen LogP contribution in [-0.4, -0.2) is 35.8 Å². The fraction of sp³-hybridized carbons (Fsp3) is 0.250. The highest BCUT2D eigenvalue weighted by atomic mass is 79.9. The monoisotopic (exact) mass is 613 g/mol. The Balaban J connectivity index is 1.44. The number of carbonyl (C=O) groups is 4. The number of halogens is 1. The summed E-state index contributed by atoms with van der Waals surface area (Å²) in [6, 6.07) is 23.0. The number of benzene rings is 3. The molecule has 6 rings (SSSR count). The molecule has 0 bridgehead atoms. The maximum absolute atomic E-state index is 14.1. The van der Waals surface area contributed by atoms with Crippen LogP contribution in [0.4, 0.5) is 16.2 Å². The zero-order valence-corrected chi connectivity index (χ0v) is 24.1. The minimum absolute atomic E-state index is 0.0234. The van der Waals surface area contributed by atoms with Gasteiger partial charge in [-0.2, -0.15) is 0 Å². The first-order chi connectivity index (χ1) is 19.8. The van der Waals surface area contributed by atoms with Crippen LogP contribution in [0.2, 0.25) is 0 Å². The molecule has 0 radical (unpaired) electrons. The van der Waals surface area contributed by atoms with E-state index in [-0.39, 0.29) is 30.1 Å². The molecule has 1 aliphatic carbocycles. The molecule has 0 spiro atoms. The number of carbonyl (C=O) groups excluding carboxylic acids is 4. The molecule has 208 valence electrons. The van der Waals surface area contributed by atoms with Crippen molar-refractivity contribution in [2.24, 2.45) is 17.8 Å². The molecule has 4 atom stereocenters. The largest absolute Gasteiger partial charge is 0.452 e. The number of anilines is 2. The first-order valence-corrected chi connectivity index (χ1v) is 14.3. The number of methoxy groups -OCH3 is 1. The van der Waals surface area contributed by atoms with Gasteiger partial charge in [-0.1, -0.05) is 65.3 Å². The van der Waals surface area contributed by atoms with Crippen molar-refractivity contribution >= 4 is 56.7 Å². The first-order valence-electron chi connectivity index (χ1n) is 13.5. The Kier molecular flexibility index (Phi) is 6.99. The molecule has 1 N–H and O–H groups in total. The molecule has 1 fully saturated rings. The zero-order valence-electron chi connectivity index (χ0n) is 22.5. The first kappa shape index (κ1) is 27.0. The van der Waals surface area contributed by atoms with Crippen molar-refractivity contribution in [1.82, 2.24) is 4.90 Å². The van der Waals surface area contributed by atoms with Crippen LogP contribution in [0.1, 0.15) is 36.9 Å². The summed E-state index contributed by atoms with van der Waals surface area (Å²) in [4.78, 5) is 57.3. The lowest BCUT2D eigenvalue weighted by Gasteiger charge is -2.44. The molecule has 2 heterocycles. The molecule has 3 aromatic carbocycles. The number of ether oxygens (including phenoxy) is 1. The second-order valence-corrected chi connectivity index (χ2v) is 11.5. The van der Waals surface area contributed by atoms with Crippen molar-refractivity contribution in [2.75, 3.05) is 17.3 Å². The fourth-order valence-corrected chi connectivity index (χ4v) is 6.75. The average Bonchev–Trinajstić information content (AvgIpc) is 3.24. The number of allylic oxidation sites excluding steroid dienone is 1. The van der Waals surface area contributed by atoms with Gasteiger partial charge in [-0.15, -0.1) is 0 Å². The topological polar surface area (TPSA) is 96.0 Å². The highest BCUT2D eigenvalue weighted by molar-refractivity contribution is 9.10. The van der Waals surface area contributed by atoms with Gasteiger partial charge in [-0.3, -0.25) is 19.3 Å². The Labute approximate surface area is 246 Å². The second-order valence-electron chi connectivity index (χ2n) is 10.6. The summed E-state index contributed by atoms with van der Waals surface area (Å²) < 4.78 is 6.13. The predicted molar refractivity (Wildman–Crippen MR) is 157 cm³/mol. The third-order valence-corrected chi connectivity index (χ3v) is 8.73. The van der Waals surface area contributed by atoms with Crippen molar-refractivity contribution in [3.8, 4) is 0 Å². The van der Waals surface area contributed by atoms with Crippen LogP contribution < -0.4 is 10.2 Å². The molecular formula is C32H28BrN3O5. The fourth-order valence-electron chi connectivity index (χ4n) is 6.49. The number of fused-ring (bicyclic) bond motifs is 4. The number of nitrogens with one attached hydrogen (secondary N) is 1. The maximum Gasteiger partial charge on any atom is 0.414 e. The Morgan fingerprint density at radius 1 is 0.951 bits per heavy atom. The van der Waals surface area contributed by atoms with Gasteiger partial charge in [0, 0.05) is 15.9 Å². The molecule has 1 saturated heterocycles.